The van der Waals surface area contributed by atoms with Gasteiger partial charge in [-0.3, -0.25) is 14.4 Å². The van der Waals surface area contributed by atoms with Crippen LogP contribution < -0.4 is 11.1 Å². The molecule has 0 aromatic heterocycles. The van der Waals surface area contributed by atoms with Gasteiger partial charge < -0.3 is 15.8 Å². The van der Waals surface area contributed by atoms with Gasteiger partial charge in [0.1, 0.15) is 0 Å². The summed E-state index contributed by atoms with van der Waals surface area (Å²) in [6, 6.07) is 20.0. The first-order valence-corrected chi connectivity index (χ1v) is 9.47. The van der Waals surface area contributed by atoms with Crippen LogP contribution in [0.2, 0.25) is 0 Å². The van der Waals surface area contributed by atoms with Gasteiger partial charge in [0.05, 0.1) is 5.75 Å². The molecule has 0 fully saturated rings. The van der Waals surface area contributed by atoms with Gasteiger partial charge in [-0.15, -0.1) is 11.8 Å². The lowest BCUT2D eigenvalue weighted by molar-refractivity contribution is -0.144. The minimum Gasteiger partial charge on any atom is -0.455 e. The van der Waals surface area contributed by atoms with Crippen LogP contribution in [0.3, 0.4) is 0 Å². The van der Waals surface area contributed by atoms with E-state index in [9.17, 15) is 14.4 Å². The van der Waals surface area contributed by atoms with Crippen LogP contribution in [-0.2, 0) is 14.3 Å². The molecule has 0 radical (unpaired) electrons. The number of ether oxygens (including phenoxy) is 1. The summed E-state index contributed by atoms with van der Waals surface area (Å²) in [5, 5.41) is 4.82. The Hall–Kier alpha value is -3.32. The molecule has 3 aromatic carbocycles. The number of rotatable bonds is 7. The Labute approximate surface area is 166 Å². The molecule has 0 aliphatic heterocycles. The highest BCUT2D eigenvalue weighted by molar-refractivity contribution is 8.00. The van der Waals surface area contributed by atoms with Crippen molar-refractivity contribution < 1.29 is 19.1 Å². The fourth-order valence-corrected chi connectivity index (χ4v) is 3.24. The van der Waals surface area contributed by atoms with E-state index < -0.39 is 17.8 Å². The van der Waals surface area contributed by atoms with Gasteiger partial charge in [-0.2, -0.15) is 0 Å². The number of hydrogen-bond acceptors (Lipinski definition) is 5. The first-order valence-electron chi connectivity index (χ1n) is 8.48. The number of benzene rings is 3. The van der Waals surface area contributed by atoms with Crippen LogP contribution in [0, 0.1) is 0 Å². The number of anilines is 1. The minimum atomic E-state index is -0.546. The Morgan fingerprint density at radius 2 is 1.64 bits per heavy atom. The predicted octanol–water partition coefficient (Wildman–Crippen LogP) is 3.21. The molecule has 142 valence electrons. The van der Waals surface area contributed by atoms with E-state index in [2.05, 4.69) is 5.32 Å². The summed E-state index contributed by atoms with van der Waals surface area (Å²) < 4.78 is 5.00. The highest BCUT2D eigenvalue weighted by Gasteiger charge is 2.09. The lowest BCUT2D eigenvalue weighted by Gasteiger charge is -2.07. The zero-order valence-corrected chi connectivity index (χ0v) is 15.7. The number of amides is 2. The van der Waals surface area contributed by atoms with Crippen molar-refractivity contribution in [3.8, 4) is 0 Å². The van der Waals surface area contributed by atoms with Gasteiger partial charge in [-0.05, 0) is 47.2 Å². The van der Waals surface area contributed by atoms with E-state index in [0.29, 0.717) is 11.3 Å². The normalized spacial score (nSPS) is 10.4. The second-order valence-electron chi connectivity index (χ2n) is 5.95. The van der Waals surface area contributed by atoms with Crippen molar-refractivity contribution >= 4 is 46.0 Å². The van der Waals surface area contributed by atoms with Crippen molar-refractivity contribution in [2.24, 2.45) is 5.73 Å². The van der Waals surface area contributed by atoms with Crippen molar-refractivity contribution in [2.75, 3.05) is 17.7 Å². The molecule has 28 heavy (non-hydrogen) atoms. The lowest BCUT2D eigenvalue weighted by Crippen LogP contribution is -2.21. The molecular weight excluding hydrogens is 376 g/mol. The van der Waals surface area contributed by atoms with Crippen molar-refractivity contribution in [1.82, 2.24) is 0 Å². The molecule has 0 bridgehead atoms. The van der Waals surface area contributed by atoms with E-state index in [1.54, 1.807) is 12.1 Å². The molecular formula is C21H18N2O4S. The number of fused-ring (bicyclic) bond motifs is 1. The van der Waals surface area contributed by atoms with Crippen LogP contribution in [0.25, 0.3) is 10.8 Å². The van der Waals surface area contributed by atoms with Crippen molar-refractivity contribution in [3.63, 3.8) is 0 Å². The van der Waals surface area contributed by atoms with Crippen LogP contribution >= 0.6 is 11.8 Å². The molecule has 3 aromatic rings. The van der Waals surface area contributed by atoms with E-state index in [-0.39, 0.29) is 12.4 Å². The smallest absolute Gasteiger partial charge is 0.316 e. The maximum Gasteiger partial charge on any atom is 0.316 e. The molecule has 3 rings (SSSR count). The Kier molecular flexibility index (Phi) is 6.29. The largest absolute Gasteiger partial charge is 0.455 e. The first-order chi connectivity index (χ1) is 13.5. The highest BCUT2D eigenvalue weighted by Crippen LogP contribution is 2.23. The Morgan fingerprint density at radius 1 is 0.929 bits per heavy atom. The first kappa shape index (κ1) is 19.4. The third-order valence-corrected chi connectivity index (χ3v) is 4.86. The maximum atomic E-state index is 11.9. The Balaban J connectivity index is 1.44. The van der Waals surface area contributed by atoms with Crippen LogP contribution in [-0.4, -0.2) is 30.1 Å². The summed E-state index contributed by atoms with van der Waals surface area (Å²) in [5.74, 6) is -1.37. The monoisotopic (exact) mass is 394 g/mol. The van der Waals surface area contributed by atoms with E-state index in [0.717, 1.165) is 15.7 Å². The van der Waals surface area contributed by atoms with Crippen LogP contribution in [0.5, 0.6) is 0 Å². The number of nitrogens with one attached hydrogen (secondary N) is 1. The van der Waals surface area contributed by atoms with Gasteiger partial charge in [0.2, 0.25) is 5.91 Å². The molecule has 0 aliphatic carbocycles. The maximum absolute atomic E-state index is 11.9. The minimum absolute atomic E-state index is 0.110. The molecule has 0 saturated heterocycles. The van der Waals surface area contributed by atoms with Gasteiger partial charge in [0.15, 0.2) is 6.61 Å². The van der Waals surface area contributed by atoms with Crippen LogP contribution in [0.1, 0.15) is 10.4 Å². The Bertz CT molecular complexity index is 1020. The second-order valence-corrected chi connectivity index (χ2v) is 7.00. The lowest BCUT2D eigenvalue weighted by atomic mass is 10.1. The van der Waals surface area contributed by atoms with E-state index >= 15 is 0 Å². The summed E-state index contributed by atoms with van der Waals surface area (Å²) in [5.41, 5.74) is 5.98. The quantitative estimate of drug-likeness (QED) is 0.474. The van der Waals surface area contributed by atoms with E-state index in [4.69, 9.17) is 10.5 Å². The Morgan fingerprint density at radius 3 is 2.36 bits per heavy atom. The fourth-order valence-electron chi connectivity index (χ4n) is 2.50. The van der Waals surface area contributed by atoms with Crippen molar-refractivity contribution in [1.29, 1.82) is 0 Å². The number of carbonyl (C=O) groups is 3. The molecule has 3 N–H and O–H groups in total. The average Bonchev–Trinajstić information content (AvgIpc) is 2.71. The molecule has 0 unspecified atom stereocenters. The summed E-state index contributed by atoms with van der Waals surface area (Å²) in [6.45, 7) is -0.380. The number of nitrogens with two attached hydrogens (primary N) is 1. The highest BCUT2D eigenvalue weighted by atomic mass is 32.2. The zero-order chi connectivity index (χ0) is 19.9. The average molecular weight is 394 g/mol. The van der Waals surface area contributed by atoms with E-state index in [1.165, 1.54) is 23.9 Å². The van der Waals surface area contributed by atoms with Gasteiger partial charge in [-0.1, -0.05) is 30.3 Å². The summed E-state index contributed by atoms with van der Waals surface area (Å²) in [4.78, 5) is 35.7. The van der Waals surface area contributed by atoms with Crippen molar-refractivity contribution in [2.45, 2.75) is 4.90 Å². The van der Waals surface area contributed by atoms with Gasteiger partial charge >= 0.3 is 5.97 Å². The molecule has 0 heterocycles. The molecule has 7 heteroatoms. The molecule has 0 aliphatic rings. The summed E-state index contributed by atoms with van der Waals surface area (Å²) >= 11 is 1.35. The topological polar surface area (TPSA) is 98.5 Å². The van der Waals surface area contributed by atoms with Gasteiger partial charge in [0, 0.05) is 16.1 Å². The predicted molar refractivity (Wildman–Crippen MR) is 109 cm³/mol. The number of thioether (sulfide) groups is 1. The van der Waals surface area contributed by atoms with Crippen LogP contribution in [0.15, 0.2) is 71.6 Å². The third kappa shape index (κ3) is 5.34. The molecule has 2 amide bonds. The number of esters is 1. The standard InChI is InChI=1S/C21H18N2O4S/c22-21(26)15-5-8-17(9-6-15)23-19(24)12-27-20(25)13-28-18-10-7-14-3-1-2-4-16(14)11-18/h1-11H,12-13H2,(H2,22,26)(H,23,24). The fraction of sp³-hybridized carbons (Fsp3) is 0.0952. The van der Waals surface area contributed by atoms with E-state index in [1.807, 2.05) is 42.5 Å². The van der Waals surface area contributed by atoms with Crippen LogP contribution in [0.4, 0.5) is 5.69 Å². The SMILES string of the molecule is NC(=O)c1ccc(NC(=O)COC(=O)CSc2ccc3ccccc3c2)cc1. The molecule has 0 atom stereocenters. The molecule has 0 spiro atoms. The molecule has 6 nitrogen and oxygen atoms in total. The number of primary amides is 1. The third-order valence-electron chi connectivity index (χ3n) is 3.90. The van der Waals surface area contributed by atoms with Gasteiger partial charge in [-0.25, -0.2) is 0 Å². The number of hydrogen-bond donors (Lipinski definition) is 2. The van der Waals surface area contributed by atoms with Gasteiger partial charge in [0.25, 0.3) is 5.91 Å². The second kappa shape index (κ2) is 9.05. The molecule has 0 saturated carbocycles. The van der Waals surface area contributed by atoms with Crippen molar-refractivity contribution in [3.05, 3.63) is 72.3 Å². The summed E-state index contributed by atoms with van der Waals surface area (Å²) in [6.07, 6.45) is 0. The number of carbonyl (C=O) groups excluding carboxylic acids is 3. The zero-order valence-electron chi connectivity index (χ0n) is 14.9. The summed E-state index contributed by atoms with van der Waals surface area (Å²) in [7, 11) is 0.